The fourth-order valence-corrected chi connectivity index (χ4v) is 2.54. The van der Waals surface area contributed by atoms with E-state index in [0.717, 1.165) is 0 Å². The number of primary amides is 1. The molecular weight excluding hydrogens is 317 g/mol. The second-order valence-electron chi connectivity index (χ2n) is 4.85. The number of carbonyl (C=O) groups is 1. The van der Waals surface area contributed by atoms with E-state index in [-0.39, 0.29) is 5.56 Å². The zero-order valence-corrected chi connectivity index (χ0v) is 12.2. The quantitative estimate of drug-likeness (QED) is 0.431. The van der Waals surface area contributed by atoms with Crippen molar-refractivity contribution in [3.8, 4) is 0 Å². The number of benzene rings is 1. The number of carbonyl (C=O) groups excluding carboxylic acids is 1. The Morgan fingerprint density at radius 2 is 2.00 bits per heavy atom. The van der Waals surface area contributed by atoms with Crippen LogP contribution in [0.3, 0.4) is 0 Å². The first-order valence-electron chi connectivity index (χ1n) is 6.30. The van der Waals surface area contributed by atoms with Gasteiger partial charge in [0.15, 0.2) is 0 Å². The van der Waals surface area contributed by atoms with Gasteiger partial charge >= 0.3 is 7.82 Å². The number of phosphoric ester groups is 1. The second-order valence-corrected chi connectivity index (χ2v) is 6.09. The maximum Gasteiger partial charge on any atom is 0.469 e. The predicted octanol–water partition coefficient (Wildman–Crippen LogP) is -0.944. The Hall–Kier alpha value is -1.32. The second kappa shape index (κ2) is 6.43. The smallest absolute Gasteiger partial charge is 0.387 e. The SMILES string of the molecule is NC(=O)c1cccc([C@@H]2O[C@@H](COP(=O)(O)O)[C@@H](O)[C@@H]2O)c1. The summed E-state index contributed by atoms with van der Waals surface area (Å²) in [6.07, 6.45) is -4.83. The number of ether oxygens (including phenoxy) is 1. The first-order valence-corrected chi connectivity index (χ1v) is 7.83. The average molecular weight is 333 g/mol. The van der Waals surface area contributed by atoms with Gasteiger partial charge in [0.2, 0.25) is 5.91 Å². The summed E-state index contributed by atoms with van der Waals surface area (Å²) >= 11 is 0. The van der Waals surface area contributed by atoms with Gasteiger partial charge in [-0.1, -0.05) is 12.1 Å². The number of hydrogen-bond donors (Lipinski definition) is 5. The molecule has 22 heavy (non-hydrogen) atoms. The number of phosphoric acid groups is 1. The van der Waals surface area contributed by atoms with Crippen molar-refractivity contribution in [2.24, 2.45) is 5.73 Å². The fraction of sp³-hybridized carbons (Fsp3) is 0.417. The Labute approximate surface area is 125 Å². The lowest BCUT2D eigenvalue weighted by Crippen LogP contribution is -2.33. The van der Waals surface area contributed by atoms with Crippen LogP contribution in [0.4, 0.5) is 0 Å². The maximum absolute atomic E-state index is 11.2. The van der Waals surface area contributed by atoms with Crippen LogP contribution in [0.2, 0.25) is 0 Å². The van der Waals surface area contributed by atoms with Crippen molar-refractivity contribution in [2.75, 3.05) is 6.61 Å². The highest BCUT2D eigenvalue weighted by Gasteiger charge is 2.44. The number of hydrogen-bond acceptors (Lipinski definition) is 6. The van der Waals surface area contributed by atoms with Crippen LogP contribution in [0.1, 0.15) is 22.0 Å². The lowest BCUT2D eigenvalue weighted by Gasteiger charge is -2.15. The summed E-state index contributed by atoms with van der Waals surface area (Å²) in [5, 5.41) is 19.9. The lowest BCUT2D eigenvalue weighted by molar-refractivity contribution is -0.0223. The highest BCUT2D eigenvalue weighted by atomic mass is 31.2. The van der Waals surface area contributed by atoms with Crippen LogP contribution in [0.25, 0.3) is 0 Å². The summed E-state index contributed by atoms with van der Waals surface area (Å²) in [5.74, 6) is -0.656. The topological polar surface area (TPSA) is 160 Å². The van der Waals surface area contributed by atoms with Crippen molar-refractivity contribution < 1.29 is 38.6 Å². The van der Waals surface area contributed by atoms with Gasteiger partial charge in [-0.2, -0.15) is 0 Å². The Kier molecular flexibility index (Phi) is 4.98. The number of rotatable bonds is 5. The molecule has 1 aliphatic rings. The van der Waals surface area contributed by atoms with Crippen molar-refractivity contribution in [2.45, 2.75) is 24.4 Å². The molecule has 122 valence electrons. The van der Waals surface area contributed by atoms with Gasteiger partial charge in [-0.25, -0.2) is 4.57 Å². The van der Waals surface area contributed by atoms with E-state index in [1.165, 1.54) is 18.2 Å². The van der Waals surface area contributed by atoms with Crippen LogP contribution in [-0.4, -0.2) is 50.8 Å². The summed E-state index contributed by atoms with van der Waals surface area (Å²) in [7, 11) is -4.71. The van der Waals surface area contributed by atoms with E-state index in [1.807, 2.05) is 0 Å². The Morgan fingerprint density at radius 1 is 1.32 bits per heavy atom. The highest BCUT2D eigenvalue weighted by molar-refractivity contribution is 7.46. The van der Waals surface area contributed by atoms with Crippen LogP contribution >= 0.6 is 7.82 Å². The number of aliphatic hydroxyl groups is 2. The summed E-state index contributed by atoms with van der Waals surface area (Å²) < 4.78 is 20.3. The first-order chi connectivity index (χ1) is 10.2. The summed E-state index contributed by atoms with van der Waals surface area (Å²) in [6, 6.07) is 6.00. The molecule has 2 rings (SSSR count). The van der Waals surface area contributed by atoms with E-state index < -0.39 is 44.8 Å². The van der Waals surface area contributed by atoms with Crippen molar-refractivity contribution >= 4 is 13.7 Å². The molecule has 1 heterocycles. The predicted molar refractivity (Wildman–Crippen MR) is 72.6 cm³/mol. The van der Waals surface area contributed by atoms with E-state index in [9.17, 15) is 19.6 Å². The minimum absolute atomic E-state index is 0.206. The van der Waals surface area contributed by atoms with Gasteiger partial charge < -0.3 is 30.5 Å². The molecule has 0 aliphatic carbocycles. The molecule has 0 unspecified atom stereocenters. The van der Waals surface area contributed by atoms with E-state index in [2.05, 4.69) is 4.52 Å². The number of aliphatic hydroxyl groups excluding tert-OH is 2. The van der Waals surface area contributed by atoms with Crippen molar-refractivity contribution in [3.05, 3.63) is 35.4 Å². The molecule has 1 aromatic carbocycles. The third kappa shape index (κ3) is 3.90. The Morgan fingerprint density at radius 3 is 2.59 bits per heavy atom. The molecule has 1 amide bonds. The van der Waals surface area contributed by atoms with Gasteiger partial charge in [0.25, 0.3) is 0 Å². The number of nitrogens with two attached hydrogens (primary N) is 1. The van der Waals surface area contributed by atoms with Crippen LogP contribution in [0.5, 0.6) is 0 Å². The maximum atomic E-state index is 11.2. The number of amides is 1. The van der Waals surface area contributed by atoms with Crippen LogP contribution in [0, 0.1) is 0 Å². The molecule has 1 fully saturated rings. The van der Waals surface area contributed by atoms with Crippen molar-refractivity contribution in [1.82, 2.24) is 0 Å². The van der Waals surface area contributed by atoms with Gasteiger partial charge in [0.1, 0.15) is 24.4 Å². The largest absolute Gasteiger partial charge is 0.469 e. The first kappa shape index (κ1) is 17.0. The van der Waals surface area contributed by atoms with Crippen LogP contribution < -0.4 is 5.73 Å². The average Bonchev–Trinajstić information content (AvgIpc) is 2.72. The Balaban J connectivity index is 2.14. The molecule has 4 atom stereocenters. The molecule has 0 radical (unpaired) electrons. The zero-order chi connectivity index (χ0) is 16.5. The minimum atomic E-state index is -4.71. The standard InChI is InChI=1S/C12H16NO8P/c13-12(16)7-3-1-2-6(4-7)11-10(15)9(14)8(21-11)5-20-22(17,18)19/h1-4,8-11,14-15H,5H2,(H2,13,16)(H2,17,18,19)/t8-,9+,10-,11-/m0/s1. The molecule has 6 N–H and O–H groups in total. The van der Waals surface area contributed by atoms with Crippen LogP contribution in [-0.2, 0) is 13.8 Å². The third-order valence-electron chi connectivity index (χ3n) is 3.27. The van der Waals surface area contributed by atoms with Gasteiger partial charge in [-0.05, 0) is 17.7 Å². The van der Waals surface area contributed by atoms with E-state index >= 15 is 0 Å². The zero-order valence-electron chi connectivity index (χ0n) is 11.3. The normalized spacial score (nSPS) is 28.7. The molecule has 1 saturated heterocycles. The molecule has 0 saturated carbocycles. The minimum Gasteiger partial charge on any atom is -0.387 e. The molecular formula is C12H16NO8P. The summed E-state index contributed by atoms with van der Waals surface area (Å²) in [4.78, 5) is 28.5. The lowest BCUT2D eigenvalue weighted by atomic mass is 10.00. The third-order valence-corrected chi connectivity index (χ3v) is 3.75. The van der Waals surface area contributed by atoms with Gasteiger partial charge in [-0.3, -0.25) is 9.32 Å². The van der Waals surface area contributed by atoms with Crippen molar-refractivity contribution in [1.29, 1.82) is 0 Å². The van der Waals surface area contributed by atoms with E-state index in [4.69, 9.17) is 20.3 Å². The molecule has 0 bridgehead atoms. The van der Waals surface area contributed by atoms with E-state index in [1.54, 1.807) is 6.07 Å². The molecule has 1 aromatic rings. The van der Waals surface area contributed by atoms with Gasteiger partial charge in [0, 0.05) is 5.56 Å². The molecule has 9 nitrogen and oxygen atoms in total. The fourth-order valence-electron chi connectivity index (χ4n) is 2.20. The Bertz CT molecular complexity index is 603. The molecule has 10 heteroatoms. The van der Waals surface area contributed by atoms with E-state index in [0.29, 0.717) is 5.56 Å². The van der Waals surface area contributed by atoms with Gasteiger partial charge in [0.05, 0.1) is 6.61 Å². The summed E-state index contributed by atoms with van der Waals surface area (Å²) in [6.45, 7) is -0.589. The summed E-state index contributed by atoms with van der Waals surface area (Å²) in [5.41, 5.74) is 5.78. The molecule has 0 spiro atoms. The van der Waals surface area contributed by atoms with Crippen LogP contribution in [0.15, 0.2) is 24.3 Å². The van der Waals surface area contributed by atoms with Gasteiger partial charge in [-0.15, -0.1) is 0 Å². The molecule has 0 aromatic heterocycles. The molecule has 1 aliphatic heterocycles. The highest BCUT2D eigenvalue weighted by Crippen LogP contribution is 2.39. The monoisotopic (exact) mass is 333 g/mol. The van der Waals surface area contributed by atoms with Crippen molar-refractivity contribution in [3.63, 3.8) is 0 Å².